The number of aliphatic hydroxyl groups excluding tert-OH is 1. The summed E-state index contributed by atoms with van der Waals surface area (Å²) in [7, 11) is 0. The second-order valence-corrected chi connectivity index (χ2v) is 6.27. The molecular weight excluding hydrogens is 254 g/mol. The fraction of sp³-hybridized carbons (Fsp3) is 0.562. The number of rotatable bonds is 3. The molecule has 1 aromatic rings. The molecule has 20 heavy (non-hydrogen) atoms. The van der Waals surface area contributed by atoms with Crippen LogP contribution in [0.25, 0.3) is 0 Å². The standard InChI is InChI=1S/C16H23NO3/c1-16(2,3)20-15(19)17-10-13-7-6-12(5-4-8-18)9-14(13)11-17/h6-7,9,18H,4-5,8,10-11H2,1-3H3. The molecule has 2 rings (SSSR count). The number of aliphatic hydroxyl groups is 1. The van der Waals surface area contributed by atoms with Gasteiger partial charge in [-0.15, -0.1) is 0 Å². The average molecular weight is 277 g/mol. The van der Waals surface area contributed by atoms with Gasteiger partial charge in [0.2, 0.25) is 0 Å². The monoisotopic (exact) mass is 277 g/mol. The lowest BCUT2D eigenvalue weighted by Gasteiger charge is -2.24. The van der Waals surface area contributed by atoms with Crippen molar-refractivity contribution >= 4 is 6.09 Å². The van der Waals surface area contributed by atoms with E-state index >= 15 is 0 Å². The number of hydrogen-bond donors (Lipinski definition) is 1. The Morgan fingerprint density at radius 2 is 2.00 bits per heavy atom. The topological polar surface area (TPSA) is 49.8 Å². The van der Waals surface area contributed by atoms with Gasteiger partial charge < -0.3 is 9.84 Å². The largest absolute Gasteiger partial charge is 0.444 e. The number of aryl methyl sites for hydroxylation is 1. The molecule has 110 valence electrons. The fourth-order valence-corrected chi connectivity index (χ4v) is 2.34. The summed E-state index contributed by atoms with van der Waals surface area (Å²) in [4.78, 5) is 13.8. The predicted molar refractivity (Wildman–Crippen MR) is 77.3 cm³/mol. The van der Waals surface area contributed by atoms with Gasteiger partial charge >= 0.3 is 6.09 Å². The molecule has 0 saturated heterocycles. The molecule has 1 aliphatic heterocycles. The zero-order chi connectivity index (χ0) is 14.8. The fourth-order valence-electron chi connectivity index (χ4n) is 2.34. The van der Waals surface area contributed by atoms with Crippen molar-refractivity contribution < 1.29 is 14.6 Å². The number of amides is 1. The van der Waals surface area contributed by atoms with Crippen molar-refractivity contribution in [3.63, 3.8) is 0 Å². The summed E-state index contributed by atoms with van der Waals surface area (Å²) in [6.45, 7) is 7.06. The third-order valence-corrected chi connectivity index (χ3v) is 3.27. The van der Waals surface area contributed by atoms with Crippen molar-refractivity contribution in [2.24, 2.45) is 0 Å². The van der Waals surface area contributed by atoms with Crippen LogP contribution in [-0.2, 0) is 24.2 Å². The van der Waals surface area contributed by atoms with E-state index in [2.05, 4.69) is 18.2 Å². The summed E-state index contributed by atoms with van der Waals surface area (Å²) >= 11 is 0. The maximum atomic E-state index is 12.1. The van der Waals surface area contributed by atoms with E-state index in [0.29, 0.717) is 13.1 Å². The molecule has 0 aliphatic carbocycles. The number of fused-ring (bicyclic) bond motifs is 1. The second kappa shape index (κ2) is 5.83. The van der Waals surface area contributed by atoms with Gasteiger partial charge in [-0.3, -0.25) is 4.90 Å². The van der Waals surface area contributed by atoms with Crippen LogP contribution in [0.4, 0.5) is 4.79 Å². The van der Waals surface area contributed by atoms with Gasteiger partial charge in [0.1, 0.15) is 5.60 Å². The Morgan fingerprint density at radius 3 is 2.65 bits per heavy atom. The third-order valence-electron chi connectivity index (χ3n) is 3.27. The highest BCUT2D eigenvalue weighted by molar-refractivity contribution is 5.69. The van der Waals surface area contributed by atoms with Crippen LogP contribution in [0.2, 0.25) is 0 Å². The zero-order valence-electron chi connectivity index (χ0n) is 12.5. The van der Waals surface area contributed by atoms with Crippen LogP contribution >= 0.6 is 0 Å². The predicted octanol–water partition coefficient (Wildman–Crippen LogP) is 2.86. The van der Waals surface area contributed by atoms with Crippen molar-refractivity contribution in [2.45, 2.75) is 52.3 Å². The number of benzene rings is 1. The van der Waals surface area contributed by atoms with Gasteiger partial charge in [0.25, 0.3) is 0 Å². The molecule has 1 heterocycles. The van der Waals surface area contributed by atoms with Crippen LogP contribution in [0.15, 0.2) is 18.2 Å². The third kappa shape index (κ3) is 3.73. The molecule has 0 fully saturated rings. The Morgan fingerprint density at radius 1 is 1.30 bits per heavy atom. The van der Waals surface area contributed by atoms with Crippen LogP contribution < -0.4 is 0 Å². The first kappa shape index (κ1) is 14.9. The highest BCUT2D eigenvalue weighted by atomic mass is 16.6. The molecule has 0 bridgehead atoms. The molecule has 0 radical (unpaired) electrons. The van der Waals surface area contributed by atoms with E-state index < -0.39 is 5.60 Å². The summed E-state index contributed by atoms with van der Waals surface area (Å²) < 4.78 is 5.40. The quantitative estimate of drug-likeness (QED) is 0.924. The van der Waals surface area contributed by atoms with E-state index in [1.54, 1.807) is 4.90 Å². The highest BCUT2D eigenvalue weighted by Crippen LogP contribution is 2.26. The summed E-state index contributed by atoms with van der Waals surface area (Å²) in [6, 6.07) is 6.29. The number of carbonyl (C=O) groups is 1. The van der Waals surface area contributed by atoms with E-state index in [1.807, 2.05) is 20.8 Å². The van der Waals surface area contributed by atoms with Crippen molar-refractivity contribution in [1.29, 1.82) is 0 Å². The lowest BCUT2D eigenvalue weighted by Crippen LogP contribution is -2.33. The summed E-state index contributed by atoms with van der Waals surface area (Å²) in [5.41, 5.74) is 3.12. The van der Waals surface area contributed by atoms with Crippen molar-refractivity contribution in [3.05, 3.63) is 34.9 Å². The van der Waals surface area contributed by atoms with Gasteiger partial charge in [-0.05, 0) is 50.3 Å². The molecule has 1 amide bonds. The van der Waals surface area contributed by atoms with Crippen molar-refractivity contribution in [3.8, 4) is 0 Å². The minimum atomic E-state index is -0.460. The number of hydrogen-bond acceptors (Lipinski definition) is 3. The highest BCUT2D eigenvalue weighted by Gasteiger charge is 2.27. The van der Waals surface area contributed by atoms with E-state index in [0.717, 1.165) is 12.8 Å². The van der Waals surface area contributed by atoms with E-state index in [9.17, 15) is 4.79 Å². The van der Waals surface area contributed by atoms with Gasteiger partial charge in [0.15, 0.2) is 0 Å². The first-order valence-corrected chi connectivity index (χ1v) is 7.08. The summed E-state index contributed by atoms with van der Waals surface area (Å²) in [6.07, 6.45) is 1.38. The molecule has 0 aromatic heterocycles. The minimum Gasteiger partial charge on any atom is -0.444 e. The average Bonchev–Trinajstić information content (AvgIpc) is 2.77. The van der Waals surface area contributed by atoms with E-state index in [-0.39, 0.29) is 12.7 Å². The molecule has 4 nitrogen and oxygen atoms in total. The molecule has 1 aromatic carbocycles. The van der Waals surface area contributed by atoms with Gasteiger partial charge in [0.05, 0.1) is 0 Å². The maximum Gasteiger partial charge on any atom is 0.410 e. The Bertz CT molecular complexity index is 491. The van der Waals surface area contributed by atoms with Crippen LogP contribution in [0.5, 0.6) is 0 Å². The van der Waals surface area contributed by atoms with Gasteiger partial charge in [-0.2, -0.15) is 0 Å². The molecule has 0 spiro atoms. The normalized spacial score (nSPS) is 14.3. The summed E-state index contributed by atoms with van der Waals surface area (Å²) in [5, 5.41) is 8.87. The lowest BCUT2D eigenvalue weighted by atomic mass is 10.0. The van der Waals surface area contributed by atoms with E-state index in [1.165, 1.54) is 16.7 Å². The van der Waals surface area contributed by atoms with Crippen molar-refractivity contribution in [2.75, 3.05) is 6.61 Å². The van der Waals surface area contributed by atoms with Gasteiger partial charge in [0, 0.05) is 19.7 Å². The molecule has 0 saturated carbocycles. The zero-order valence-corrected chi connectivity index (χ0v) is 12.5. The second-order valence-electron chi connectivity index (χ2n) is 6.27. The first-order chi connectivity index (χ1) is 9.39. The summed E-state index contributed by atoms with van der Waals surface area (Å²) in [5.74, 6) is 0. The van der Waals surface area contributed by atoms with E-state index in [4.69, 9.17) is 9.84 Å². The Hall–Kier alpha value is -1.55. The smallest absolute Gasteiger partial charge is 0.410 e. The molecule has 0 unspecified atom stereocenters. The Labute approximate surface area is 120 Å². The number of nitrogens with zero attached hydrogens (tertiary/aromatic N) is 1. The molecule has 1 N–H and O–H groups in total. The molecule has 4 heteroatoms. The lowest BCUT2D eigenvalue weighted by molar-refractivity contribution is 0.0242. The first-order valence-electron chi connectivity index (χ1n) is 7.08. The van der Waals surface area contributed by atoms with Gasteiger partial charge in [-0.25, -0.2) is 4.79 Å². The Balaban J connectivity index is 2.02. The number of ether oxygens (including phenoxy) is 1. The SMILES string of the molecule is CC(C)(C)OC(=O)N1Cc2ccc(CCCO)cc2C1. The van der Waals surface area contributed by atoms with Crippen LogP contribution in [0.1, 0.15) is 43.9 Å². The minimum absolute atomic E-state index is 0.209. The number of carbonyl (C=O) groups excluding carboxylic acids is 1. The molecule has 0 atom stereocenters. The van der Waals surface area contributed by atoms with Crippen LogP contribution in [-0.4, -0.2) is 28.3 Å². The maximum absolute atomic E-state index is 12.1. The molecular formula is C16H23NO3. The van der Waals surface area contributed by atoms with Crippen LogP contribution in [0, 0.1) is 0 Å². The van der Waals surface area contributed by atoms with Crippen LogP contribution in [0.3, 0.4) is 0 Å². The van der Waals surface area contributed by atoms with Gasteiger partial charge in [-0.1, -0.05) is 18.2 Å². The molecule has 1 aliphatic rings. The van der Waals surface area contributed by atoms with Crippen molar-refractivity contribution in [1.82, 2.24) is 4.90 Å². The Kier molecular flexibility index (Phi) is 4.33.